The Morgan fingerprint density at radius 1 is 1.44 bits per heavy atom. The van der Waals surface area contributed by atoms with Crippen LogP contribution in [0.25, 0.3) is 10.2 Å². The molecule has 2 aromatic heterocycles. The second-order valence-electron chi connectivity index (χ2n) is 5.42. The Balaban J connectivity index is 1.62. The molecule has 0 saturated heterocycles. The fraction of sp³-hybridized carbons (Fsp3) is 0.286. The maximum absolute atomic E-state index is 12.0. The van der Waals surface area contributed by atoms with Gasteiger partial charge in [-0.25, -0.2) is 9.97 Å². The largest absolute Gasteiger partial charge is 0.301 e. The molecule has 9 nitrogen and oxygen atoms in total. The van der Waals surface area contributed by atoms with Crippen LogP contribution in [0.4, 0.5) is 10.8 Å². The van der Waals surface area contributed by atoms with Gasteiger partial charge in [0, 0.05) is 18.1 Å². The number of fused-ring (bicyclic) bond motifs is 1. The van der Waals surface area contributed by atoms with Crippen molar-refractivity contribution in [1.29, 1.82) is 0 Å². The first-order valence-corrected chi connectivity index (χ1v) is 9.12. The molecule has 0 atom stereocenters. The van der Waals surface area contributed by atoms with Crippen LogP contribution in [-0.4, -0.2) is 36.7 Å². The van der Waals surface area contributed by atoms with E-state index in [2.05, 4.69) is 25.5 Å². The zero-order valence-corrected chi connectivity index (χ0v) is 15.0. The Hall–Kier alpha value is -2.53. The fourth-order valence-corrected chi connectivity index (χ4v) is 3.42. The summed E-state index contributed by atoms with van der Waals surface area (Å²) in [6.07, 6.45) is 0. The number of aromatic amines is 1. The predicted molar refractivity (Wildman–Crippen MR) is 96.1 cm³/mol. The summed E-state index contributed by atoms with van der Waals surface area (Å²) >= 11 is 2.48. The second-order valence-corrected chi connectivity index (χ2v) is 7.40. The van der Waals surface area contributed by atoms with Crippen molar-refractivity contribution >= 4 is 50.0 Å². The van der Waals surface area contributed by atoms with Gasteiger partial charge in [0.25, 0.3) is 5.69 Å². The highest BCUT2D eigenvalue weighted by atomic mass is 32.2. The van der Waals surface area contributed by atoms with Gasteiger partial charge in [0.05, 0.1) is 20.9 Å². The number of thioether (sulfide) groups is 1. The Morgan fingerprint density at radius 3 is 2.92 bits per heavy atom. The molecule has 0 radical (unpaired) electrons. The number of rotatable bonds is 6. The lowest BCUT2D eigenvalue weighted by atomic mass is 10.2. The SMILES string of the molecule is CC(C)c1nc(SCC(=O)Nc2nc3cc([N+](=O)[O-])ccc3s2)n[nH]1. The minimum absolute atomic E-state index is 0.0307. The number of aromatic nitrogens is 4. The maximum Gasteiger partial charge on any atom is 0.271 e. The molecule has 0 spiro atoms. The van der Waals surface area contributed by atoms with Gasteiger partial charge in [-0.1, -0.05) is 36.9 Å². The van der Waals surface area contributed by atoms with Crippen molar-refractivity contribution in [2.75, 3.05) is 11.1 Å². The number of carbonyl (C=O) groups is 1. The van der Waals surface area contributed by atoms with Crippen molar-refractivity contribution in [2.45, 2.75) is 24.9 Å². The molecule has 25 heavy (non-hydrogen) atoms. The maximum atomic E-state index is 12.0. The first-order chi connectivity index (χ1) is 11.9. The minimum Gasteiger partial charge on any atom is -0.301 e. The number of carbonyl (C=O) groups excluding carboxylic acids is 1. The molecule has 1 amide bonds. The molecule has 130 valence electrons. The van der Waals surface area contributed by atoms with E-state index in [0.29, 0.717) is 15.8 Å². The summed E-state index contributed by atoms with van der Waals surface area (Å²) < 4.78 is 0.768. The molecule has 0 aliphatic heterocycles. The molecule has 3 aromatic rings. The average Bonchev–Trinajstić information content (AvgIpc) is 3.18. The lowest BCUT2D eigenvalue weighted by molar-refractivity contribution is -0.384. The van der Waals surface area contributed by atoms with Crippen LogP contribution in [0.15, 0.2) is 23.4 Å². The number of amides is 1. The van der Waals surface area contributed by atoms with Crippen molar-refractivity contribution in [3.05, 3.63) is 34.1 Å². The molecule has 0 fully saturated rings. The summed E-state index contributed by atoms with van der Waals surface area (Å²) in [5.41, 5.74) is 0.453. The number of hydrogen-bond donors (Lipinski definition) is 2. The number of nitrogens with one attached hydrogen (secondary N) is 2. The average molecular weight is 378 g/mol. The molecular formula is C14H14N6O3S2. The summed E-state index contributed by atoms with van der Waals surface area (Å²) in [5, 5.41) is 21.3. The van der Waals surface area contributed by atoms with Crippen molar-refractivity contribution in [3.8, 4) is 0 Å². The molecule has 0 unspecified atom stereocenters. The summed E-state index contributed by atoms with van der Waals surface area (Å²) in [7, 11) is 0. The number of thiazole rings is 1. The monoisotopic (exact) mass is 378 g/mol. The molecule has 0 aliphatic carbocycles. The van der Waals surface area contributed by atoms with Gasteiger partial charge < -0.3 is 5.32 Å². The van der Waals surface area contributed by atoms with E-state index >= 15 is 0 Å². The first-order valence-electron chi connectivity index (χ1n) is 7.32. The van der Waals surface area contributed by atoms with Crippen LogP contribution in [-0.2, 0) is 4.79 Å². The Bertz CT molecular complexity index is 936. The molecule has 3 rings (SSSR count). The van der Waals surface area contributed by atoms with E-state index in [-0.39, 0.29) is 23.3 Å². The van der Waals surface area contributed by atoms with Crippen LogP contribution in [0.1, 0.15) is 25.6 Å². The van der Waals surface area contributed by atoms with Crippen molar-refractivity contribution in [2.24, 2.45) is 0 Å². The molecule has 0 saturated carbocycles. The van der Waals surface area contributed by atoms with E-state index in [1.807, 2.05) is 13.8 Å². The molecule has 1 aromatic carbocycles. The zero-order valence-electron chi connectivity index (χ0n) is 13.3. The smallest absolute Gasteiger partial charge is 0.271 e. The summed E-state index contributed by atoms with van der Waals surface area (Å²) in [5.74, 6) is 0.915. The molecule has 0 bridgehead atoms. The highest BCUT2D eigenvalue weighted by Crippen LogP contribution is 2.29. The van der Waals surface area contributed by atoms with E-state index in [0.717, 1.165) is 10.5 Å². The third-order valence-corrected chi connectivity index (χ3v) is 4.99. The topological polar surface area (TPSA) is 127 Å². The fourth-order valence-electron chi connectivity index (χ4n) is 1.95. The van der Waals surface area contributed by atoms with Crippen LogP contribution >= 0.6 is 23.1 Å². The normalized spacial score (nSPS) is 11.2. The highest BCUT2D eigenvalue weighted by molar-refractivity contribution is 7.99. The molecular weight excluding hydrogens is 364 g/mol. The van der Waals surface area contributed by atoms with Gasteiger partial charge in [-0.05, 0) is 6.07 Å². The van der Waals surface area contributed by atoms with Crippen molar-refractivity contribution < 1.29 is 9.72 Å². The molecule has 11 heteroatoms. The number of nitrogens with zero attached hydrogens (tertiary/aromatic N) is 4. The zero-order chi connectivity index (χ0) is 18.0. The van der Waals surface area contributed by atoms with Gasteiger partial charge in [0.15, 0.2) is 5.13 Å². The highest BCUT2D eigenvalue weighted by Gasteiger charge is 2.13. The van der Waals surface area contributed by atoms with Gasteiger partial charge in [-0.15, -0.1) is 5.10 Å². The quantitative estimate of drug-likeness (QED) is 0.383. The van der Waals surface area contributed by atoms with Gasteiger partial charge >= 0.3 is 0 Å². The van der Waals surface area contributed by atoms with Crippen LogP contribution < -0.4 is 5.32 Å². The Labute approximate surface area is 150 Å². The number of hydrogen-bond acceptors (Lipinski definition) is 8. The number of nitro groups is 1. The summed E-state index contributed by atoms with van der Waals surface area (Å²) in [6.45, 7) is 4.00. The minimum atomic E-state index is -0.476. The lowest BCUT2D eigenvalue weighted by Gasteiger charge is -1.99. The van der Waals surface area contributed by atoms with Crippen LogP contribution in [0.5, 0.6) is 0 Å². The van der Waals surface area contributed by atoms with E-state index < -0.39 is 4.92 Å². The molecule has 2 N–H and O–H groups in total. The first kappa shape index (κ1) is 17.3. The Kier molecular flexibility index (Phi) is 4.95. The van der Waals surface area contributed by atoms with Crippen LogP contribution in [0, 0.1) is 10.1 Å². The van der Waals surface area contributed by atoms with Crippen molar-refractivity contribution in [3.63, 3.8) is 0 Å². The molecule has 2 heterocycles. The van der Waals surface area contributed by atoms with Gasteiger partial charge in [0.2, 0.25) is 11.1 Å². The van der Waals surface area contributed by atoms with E-state index in [1.54, 1.807) is 6.07 Å². The number of nitro benzene ring substituents is 1. The summed E-state index contributed by atoms with van der Waals surface area (Å²) in [4.78, 5) is 30.9. The second kappa shape index (κ2) is 7.15. The molecule has 0 aliphatic rings. The summed E-state index contributed by atoms with van der Waals surface area (Å²) in [6, 6.07) is 4.42. The van der Waals surface area contributed by atoms with E-state index in [9.17, 15) is 14.9 Å². The lowest BCUT2D eigenvalue weighted by Crippen LogP contribution is -2.13. The van der Waals surface area contributed by atoms with Gasteiger partial charge in [-0.2, -0.15) is 0 Å². The number of non-ortho nitro benzene ring substituents is 1. The third-order valence-electron chi connectivity index (χ3n) is 3.19. The van der Waals surface area contributed by atoms with Crippen LogP contribution in [0.2, 0.25) is 0 Å². The van der Waals surface area contributed by atoms with Crippen molar-refractivity contribution in [1.82, 2.24) is 20.2 Å². The van der Waals surface area contributed by atoms with Gasteiger partial charge in [-0.3, -0.25) is 20.0 Å². The van der Waals surface area contributed by atoms with Gasteiger partial charge in [0.1, 0.15) is 5.82 Å². The van der Waals surface area contributed by atoms with Crippen LogP contribution in [0.3, 0.4) is 0 Å². The standard InChI is InChI=1S/C14H14N6O3S2/c1-7(2)12-17-14(19-18-12)24-6-11(21)16-13-15-9-5-8(20(22)23)3-4-10(9)25-13/h3-5,7H,6H2,1-2H3,(H,15,16,21)(H,17,18,19). The number of anilines is 1. The van der Waals surface area contributed by atoms with E-state index in [4.69, 9.17) is 0 Å². The Morgan fingerprint density at radius 2 is 2.24 bits per heavy atom. The van der Waals surface area contributed by atoms with E-state index in [1.165, 1.54) is 35.2 Å². The third kappa shape index (κ3) is 4.12. The predicted octanol–water partition coefficient (Wildman–Crippen LogP) is 3.18. The number of benzene rings is 1. The number of H-pyrrole nitrogens is 1.